The van der Waals surface area contributed by atoms with Gasteiger partial charge in [-0.3, -0.25) is 4.90 Å². The molecule has 176 valence electrons. The summed E-state index contributed by atoms with van der Waals surface area (Å²) in [6.45, 7) is 13.6. The van der Waals surface area contributed by atoms with Crippen molar-refractivity contribution in [3.05, 3.63) is 18.2 Å². The van der Waals surface area contributed by atoms with Crippen LogP contribution in [0.5, 0.6) is 0 Å². The summed E-state index contributed by atoms with van der Waals surface area (Å²) in [7, 11) is 1.40. The molecule has 0 bridgehead atoms. The Morgan fingerprint density at radius 1 is 1.03 bits per heavy atom. The minimum atomic E-state index is -1.50. The first-order valence-electron chi connectivity index (χ1n) is 10.1. The van der Waals surface area contributed by atoms with Gasteiger partial charge in [-0.1, -0.05) is 0 Å². The molecule has 1 aromatic rings. The third-order valence-electron chi connectivity index (χ3n) is 3.95. The number of hydrogen-bond acceptors (Lipinski definition) is 8. The Bertz CT molecular complexity index is 777. The van der Waals surface area contributed by atoms with Gasteiger partial charge >= 0.3 is 18.2 Å². The summed E-state index contributed by atoms with van der Waals surface area (Å²) >= 11 is 0. The van der Waals surface area contributed by atoms with Gasteiger partial charge in [0, 0.05) is 19.7 Å². The molecule has 0 spiro atoms. The van der Waals surface area contributed by atoms with Crippen LogP contribution in [-0.2, 0) is 30.2 Å². The SMILES string of the molecule is CCOC(=O)[C@](C)(Cc1cn(C(=O)OC(C)(C)C)cn1)N(COC)C(=O)OC(C)(C)C. The smallest absolute Gasteiger partial charge is 0.419 e. The summed E-state index contributed by atoms with van der Waals surface area (Å²) in [4.78, 5) is 43.5. The number of amides is 1. The number of aromatic nitrogens is 2. The summed E-state index contributed by atoms with van der Waals surface area (Å²) < 4.78 is 22.4. The molecule has 1 amide bonds. The van der Waals surface area contributed by atoms with Crippen LogP contribution >= 0.6 is 0 Å². The van der Waals surface area contributed by atoms with Crippen LogP contribution in [-0.4, -0.2) is 69.8 Å². The lowest BCUT2D eigenvalue weighted by molar-refractivity contribution is -0.159. The molecule has 0 aliphatic carbocycles. The summed E-state index contributed by atoms with van der Waals surface area (Å²) in [5, 5.41) is 0. The standard InChI is InChI=1S/C21H35N3O7/c1-10-29-16(25)21(8,24(14-28-9)18(27)31-20(5,6)7)11-15-12-23(13-22-15)17(26)30-19(2,3)4/h12-13H,10-11,14H2,1-9H3/t21-/m0/s1. The van der Waals surface area contributed by atoms with E-state index < -0.39 is 34.9 Å². The van der Waals surface area contributed by atoms with Crippen molar-refractivity contribution in [2.75, 3.05) is 20.4 Å². The molecule has 0 unspecified atom stereocenters. The summed E-state index contributed by atoms with van der Waals surface area (Å²) in [5.41, 5.74) is -2.57. The van der Waals surface area contributed by atoms with Crippen molar-refractivity contribution < 1.29 is 33.3 Å². The molecule has 1 atom stereocenters. The zero-order valence-electron chi connectivity index (χ0n) is 20.0. The Morgan fingerprint density at radius 2 is 1.61 bits per heavy atom. The van der Waals surface area contributed by atoms with Crippen LogP contribution in [0.3, 0.4) is 0 Å². The molecule has 1 rings (SSSR count). The van der Waals surface area contributed by atoms with E-state index in [0.29, 0.717) is 5.69 Å². The van der Waals surface area contributed by atoms with E-state index in [1.54, 1.807) is 55.4 Å². The second kappa shape index (κ2) is 10.1. The van der Waals surface area contributed by atoms with E-state index in [1.807, 2.05) is 0 Å². The molecule has 10 heteroatoms. The zero-order chi connectivity index (χ0) is 24.0. The molecule has 0 aliphatic rings. The molecule has 0 aliphatic heterocycles. The topological polar surface area (TPSA) is 109 Å². The highest BCUT2D eigenvalue weighted by molar-refractivity contribution is 5.86. The van der Waals surface area contributed by atoms with Gasteiger partial charge in [0.2, 0.25) is 0 Å². The Kier molecular flexibility index (Phi) is 8.63. The predicted molar refractivity (Wildman–Crippen MR) is 113 cm³/mol. The van der Waals surface area contributed by atoms with Crippen molar-refractivity contribution in [2.45, 2.75) is 78.6 Å². The van der Waals surface area contributed by atoms with Crippen molar-refractivity contribution >= 4 is 18.2 Å². The first-order valence-corrected chi connectivity index (χ1v) is 10.1. The van der Waals surface area contributed by atoms with Gasteiger partial charge in [-0.15, -0.1) is 0 Å². The van der Waals surface area contributed by atoms with Gasteiger partial charge in [0.05, 0.1) is 12.3 Å². The molecule has 0 fully saturated rings. The Hall–Kier alpha value is -2.62. The Morgan fingerprint density at radius 3 is 2.10 bits per heavy atom. The number of carbonyl (C=O) groups excluding carboxylic acids is 3. The van der Waals surface area contributed by atoms with E-state index in [0.717, 1.165) is 4.90 Å². The first kappa shape index (κ1) is 26.4. The number of imidazole rings is 1. The quantitative estimate of drug-likeness (QED) is 0.360. The van der Waals surface area contributed by atoms with Crippen LogP contribution in [0.15, 0.2) is 12.5 Å². The second-order valence-electron chi connectivity index (χ2n) is 9.25. The van der Waals surface area contributed by atoms with Gasteiger partial charge in [-0.05, 0) is 55.4 Å². The average molecular weight is 442 g/mol. The highest BCUT2D eigenvalue weighted by Crippen LogP contribution is 2.25. The third kappa shape index (κ3) is 7.86. The van der Waals surface area contributed by atoms with E-state index in [-0.39, 0.29) is 19.8 Å². The van der Waals surface area contributed by atoms with Crippen LogP contribution in [0, 0.1) is 0 Å². The van der Waals surface area contributed by atoms with E-state index in [1.165, 1.54) is 24.2 Å². The monoisotopic (exact) mass is 441 g/mol. The van der Waals surface area contributed by atoms with E-state index >= 15 is 0 Å². The average Bonchev–Trinajstić information content (AvgIpc) is 3.05. The van der Waals surface area contributed by atoms with Crippen molar-refractivity contribution in [3.63, 3.8) is 0 Å². The largest absolute Gasteiger partial charge is 0.464 e. The van der Waals surface area contributed by atoms with Crippen LogP contribution in [0.4, 0.5) is 9.59 Å². The van der Waals surface area contributed by atoms with Gasteiger partial charge in [-0.25, -0.2) is 23.9 Å². The molecule has 1 aromatic heterocycles. The van der Waals surface area contributed by atoms with Gasteiger partial charge in [0.25, 0.3) is 0 Å². The normalized spacial score (nSPS) is 13.8. The molecule has 10 nitrogen and oxygen atoms in total. The number of ether oxygens (including phenoxy) is 4. The number of rotatable bonds is 7. The maximum absolute atomic E-state index is 12.9. The highest BCUT2D eigenvalue weighted by atomic mass is 16.6. The van der Waals surface area contributed by atoms with Gasteiger partial charge in [0.15, 0.2) is 0 Å². The lowest BCUT2D eigenvalue weighted by Gasteiger charge is -2.38. The van der Waals surface area contributed by atoms with Crippen molar-refractivity contribution in [1.29, 1.82) is 0 Å². The number of carbonyl (C=O) groups is 3. The zero-order valence-corrected chi connectivity index (χ0v) is 20.0. The summed E-state index contributed by atoms with van der Waals surface area (Å²) in [5.74, 6) is -0.648. The van der Waals surface area contributed by atoms with Crippen LogP contribution in [0.25, 0.3) is 0 Å². The molecule has 0 saturated heterocycles. The van der Waals surface area contributed by atoms with E-state index in [9.17, 15) is 14.4 Å². The summed E-state index contributed by atoms with van der Waals surface area (Å²) in [6, 6.07) is 0. The molecule has 1 heterocycles. The lowest BCUT2D eigenvalue weighted by atomic mass is 9.94. The fourth-order valence-corrected chi connectivity index (χ4v) is 2.63. The number of methoxy groups -OCH3 is 1. The highest BCUT2D eigenvalue weighted by Gasteiger charge is 2.46. The van der Waals surface area contributed by atoms with Crippen molar-refractivity contribution in [3.8, 4) is 0 Å². The van der Waals surface area contributed by atoms with Crippen molar-refractivity contribution in [1.82, 2.24) is 14.5 Å². The van der Waals surface area contributed by atoms with Gasteiger partial charge in [0.1, 0.15) is 29.8 Å². The molecule has 0 N–H and O–H groups in total. The van der Waals surface area contributed by atoms with Gasteiger partial charge in [-0.2, -0.15) is 0 Å². The number of hydrogen-bond donors (Lipinski definition) is 0. The van der Waals surface area contributed by atoms with Crippen LogP contribution in [0.1, 0.15) is 61.1 Å². The second-order valence-corrected chi connectivity index (χ2v) is 9.25. The molecular formula is C21H35N3O7. The predicted octanol–water partition coefficient (Wildman–Crippen LogP) is 3.37. The number of esters is 1. The van der Waals surface area contributed by atoms with Crippen molar-refractivity contribution in [2.24, 2.45) is 0 Å². The van der Waals surface area contributed by atoms with E-state index in [4.69, 9.17) is 18.9 Å². The summed E-state index contributed by atoms with van der Waals surface area (Å²) in [6.07, 6.45) is 1.36. The maximum Gasteiger partial charge on any atom is 0.419 e. The molecule has 0 aromatic carbocycles. The number of nitrogens with zero attached hydrogens (tertiary/aromatic N) is 3. The van der Waals surface area contributed by atoms with Crippen LogP contribution in [0.2, 0.25) is 0 Å². The van der Waals surface area contributed by atoms with Crippen LogP contribution < -0.4 is 0 Å². The fourth-order valence-electron chi connectivity index (χ4n) is 2.63. The Labute approximate surface area is 183 Å². The van der Waals surface area contributed by atoms with E-state index in [2.05, 4.69) is 4.98 Å². The molecule has 0 radical (unpaired) electrons. The van der Waals surface area contributed by atoms with Gasteiger partial charge < -0.3 is 18.9 Å². The minimum Gasteiger partial charge on any atom is -0.464 e. The maximum atomic E-state index is 12.9. The molecular weight excluding hydrogens is 406 g/mol. The third-order valence-corrected chi connectivity index (χ3v) is 3.95. The molecule has 0 saturated carbocycles. The first-order chi connectivity index (χ1) is 14.1. The molecule has 31 heavy (non-hydrogen) atoms. The fraction of sp³-hybridized carbons (Fsp3) is 0.714. The Balaban J connectivity index is 3.27. The minimum absolute atomic E-state index is 0.0375. The lowest BCUT2D eigenvalue weighted by Crippen LogP contribution is -2.58.